The highest BCUT2D eigenvalue weighted by Crippen LogP contribution is 2.23. The summed E-state index contributed by atoms with van der Waals surface area (Å²) in [6.07, 6.45) is 3.95. The molecule has 0 saturated heterocycles. The lowest BCUT2D eigenvalue weighted by Gasteiger charge is -2.28. The van der Waals surface area contributed by atoms with Gasteiger partial charge in [0.2, 0.25) is 0 Å². The summed E-state index contributed by atoms with van der Waals surface area (Å²) in [6.45, 7) is 3.60. The lowest BCUT2D eigenvalue weighted by molar-refractivity contribution is 0.241. The number of hydrogen-bond donors (Lipinski definition) is 1. The van der Waals surface area contributed by atoms with E-state index < -0.39 is 0 Å². The first-order valence-corrected chi connectivity index (χ1v) is 6.55. The largest absolute Gasteiger partial charge is 0.329 e. The SMILES string of the molecule is Cc1ccccc1C(CN)N(C)Cc1cnn(C)c1. The Labute approximate surface area is 114 Å². The first kappa shape index (κ1) is 13.8. The maximum Gasteiger partial charge on any atom is 0.0534 e. The first-order valence-electron chi connectivity index (χ1n) is 6.55. The summed E-state index contributed by atoms with van der Waals surface area (Å²) in [6, 6.07) is 8.67. The Morgan fingerprint density at radius 2 is 2.11 bits per heavy atom. The molecule has 0 bridgehead atoms. The number of likely N-dealkylation sites (N-methyl/N-ethyl adjacent to an activating group) is 1. The second kappa shape index (κ2) is 5.99. The molecule has 2 N–H and O–H groups in total. The number of nitrogens with zero attached hydrogens (tertiary/aromatic N) is 3. The average Bonchev–Trinajstić information content (AvgIpc) is 2.78. The quantitative estimate of drug-likeness (QED) is 0.890. The predicted octanol–water partition coefficient (Wildman–Crippen LogP) is 1.86. The minimum absolute atomic E-state index is 0.237. The van der Waals surface area contributed by atoms with Crippen molar-refractivity contribution in [2.24, 2.45) is 12.8 Å². The molecule has 4 heteroatoms. The zero-order chi connectivity index (χ0) is 13.8. The molecule has 4 nitrogen and oxygen atoms in total. The molecule has 0 spiro atoms. The van der Waals surface area contributed by atoms with Crippen LogP contribution in [-0.2, 0) is 13.6 Å². The number of aromatic nitrogens is 2. The van der Waals surface area contributed by atoms with Gasteiger partial charge >= 0.3 is 0 Å². The topological polar surface area (TPSA) is 47.1 Å². The lowest BCUT2D eigenvalue weighted by Crippen LogP contribution is -2.30. The minimum Gasteiger partial charge on any atom is -0.329 e. The second-order valence-corrected chi connectivity index (χ2v) is 5.05. The van der Waals surface area contributed by atoms with Crippen LogP contribution >= 0.6 is 0 Å². The van der Waals surface area contributed by atoms with Crippen molar-refractivity contribution in [3.8, 4) is 0 Å². The van der Waals surface area contributed by atoms with E-state index in [1.807, 2.05) is 24.1 Å². The summed E-state index contributed by atoms with van der Waals surface area (Å²) in [5, 5.41) is 4.20. The van der Waals surface area contributed by atoms with Crippen LogP contribution in [0.4, 0.5) is 0 Å². The summed E-state index contributed by atoms with van der Waals surface area (Å²) in [5.74, 6) is 0. The molecule has 0 amide bonds. The van der Waals surface area contributed by atoms with Crippen molar-refractivity contribution in [1.82, 2.24) is 14.7 Å². The van der Waals surface area contributed by atoms with E-state index in [9.17, 15) is 0 Å². The van der Waals surface area contributed by atoms with Gasteiger partial charge in [-0.1, -0.05) is 24.3 Å². The molecule has 2 aromatic rings. The summed E-state index contributed by atoms with van der Waals surface area (Å²) >= 11 is 0. The van der Waals surface area contributed by atoms with Gasteiger partial charge < -0.3 is 5.73 Å². The van der Waals surface area contributed by atoms with E-state index in [4.69, 9.17) is 5.73 Å². The van der Waals surface area contributed by atoms with Crippen molar-refractivity contribution in [2.45, 2.75) is 19.5 Å². The fourth-order valence-electron chi connectivity index (χ4n) is 2.46. The van der Waals surface area contributed by atoms with Crippen molar-refractivity contribution in [1.29, 1.82) is 0 Å². The Balaban J connectivity index is 2.15. The van der Waals surface area contributed by atoms with Crippen LogP contribution in [0, 0.1) is 6.92 Å². The zero-order valence-corrected chi connectivity index (χ0v) is 11.9. The number of nitrogens with two attached hydrogens (primary N) is 1. The average molecular weight is 258 g/mol. The molecule has 0 saturated carbocycles. The second-order valence-electron chi connectivity index (χ2n) is 5.05. The zero-order valence-electron chi connectivity index (χ0n) is 11.9. The van der Waals surface area contributed by atoms with E-state index >= 15 is 0 Å². The van der Waals surface area contributed by atoms with Gasteiger partial charge in [-0.15, -0.1) is 0 Å². The summed E-state index contributed by atoms with van der Waals surface area (Å²) < 4.78 is 1.83. The fourth-order valence-corrected chi connectivity index (χ4v) is 2.46. The van der Waals surface area contributed by atoms with E-state index in [2.05, 4.69) is 48.2 Å². The van der Waals surface area contributed by atoms with Crippen LogP contribution < -0.4 is 5.73 Å². The highest BCUT2D eigenvalue weighted by Gasteiger charge is 2.17. The van der Waals surface area contributed by atoms with E-state index in [0.29, 0.717) is 6.54 Å². The molecule has 2 rings (SSSR count). The van der Waals surface area contributed by atoms with Gasteiger partial charge in [0.15, 0.2) is 0 Å². The fraction of sp³-hybridized carbons (Fsp3) is 0.400. The van der Waals surface area contributed by atoms with Gasteiger partial charge in [0.25, 0.3) is 0 Å². The van der Waals surface area contributed by atoms with Crippen molar-refractivity contribution in [3.05, 3.63) is 53.3 Å². The standard InChI is InChI=1S/C15H22N4/c1-12-6-4-5-7-14(12)15(8-16)18(2)10-13-9-17-19(3)11-13/h4-7,9,11,15H,8,10,16H2,1-3H3. The molecule has 0 aliphatic rings. The number of rotatable bonds is 5. The van der Waals surface area contributed by atoms with Crippen molar-refractivity contribution in [2.75, 3.05) is 13.6 Å². The predicted molar refractivity (Wildman–Crippen MR) is 77.6 cm³/mol. The highest BCUT2D eigenvalue weighted by molar-refractivity contribution is 5.29. The van der Waals surface area contributed by atoms with Crippen LogP contribution in [0.5, 0.6) is 0 Å². The molecule has 19 heavy (non-hydrogen) atoms. The van der Waals surface area contributed by atoms with Crippen molar-refractivity contribution < 1.29 is 0 Å². The van der Waals surface area contributed by atoms with Gasteiger partial charge in [0.1, 0.15) is 0 Å². The monoisotopic (exact) mass is 258 g/mol. The summed E-state index contributed by atoms with van der Waals surface area (Å²) in [7, 11) is 4.04. The molecule has 1 atom stereocenters. The molecule has 1 unspecified atom stereocenters. The molecule has 1 heterocycles. The molecule has 1 aromatic heterocycles. The van der Waals surface area contributed by atoms with E-state index in [1.54, 1.807) is 0 Å². The molecule has 0 fully saturated rings. The van der Waals surface area contributed by atoms with Crippen LogP contribution in [0.15, 0.2) is 36.7 Å². The number of hydrogen-bond acceptors (Lipinski definition) is 3. The van der Waals surface area contributed by atoms with Crippen LogP contribution in [0.2, 0.25) is 0 Å². The minimum atomic E-state index is 0.237. The van der Waals surface area contributed by atoms with E-state index in [-0.39, 0.29) is 6.04 Å². The Hall–Kier alpha value is -1.65. The maximum absolute atomic E-state index is 5.97. The van der Waals surface area contributed by atoms with E-state index in [0.717, 1.165) is 6.54 Å². The van der Waals surface area contributed by atoms with E-state index in [1.165, 1.54) is 16.7 Å². The van der Waals surface area contributed by atoms with Gasteiger partial charge in [-0.25, -0.2) is 0 Å². The lowest BCUT2D eigenvalue weighted by atomic mass is 10.00. The van der Waals surface area contributed by atoms with Crippen LogP contribution in [0.3, 0.4) is 0 Å². The summed E-state index contributed by atoms with van der Waals surface area (Å²) in [4.78, 5) is 2.28. The van der Waals surface area contributed by atoms with Gasteiger partial charge in [0.05, 0.1) is 6.20 Å². The smallest absolute Gasteiger partial charge is 0.0534 e. The maximum atomic E-state index is 5.97. The molecule has 0 aliphatic carbocycles. The molecule has 1 aromatic carbocycles. The Kier molecular flexibility index (Phi) is 4.35. The van der Waals surface area contributed by atoms with Gasteiger partial charge in [-0.2, -0.15) is 5.10 Å². The molecular weight excluding hydrogens is 236 g/mol. The summed E-state index contributed by atoms with van der Waals surface area (Å²) in [5.41, 5.74) is 9.77. The molecule has 102 valence electrons. The number of aryl methyl sites for hydroxylation is 2. The molecular formula is C15H22N4. The highest BCUT2D eigenvalue weighted by atomic mass is 15.2. The normalized spacial score (nSPS) is 12.9. The Bertz CT molecular complexity index is 532. The van der Waals surface area contributed by atoms with Crippen LogP contribution in [0.25, 0.3) is 0 Å². The van der Waals surface area contributed by atoms with Crippen LogP contribution in [-0.4, -0.2) is 28.3 Å². The van der Waals surface area contributed by atoms with Gasteiger partial charge in [-0.05, 0) is 25.1 Å². The Morgan fingerprint density at radius 1 is 1.37 bits per heavy atom. The third-order valence-electron chi connectivity index (χ3n) is 3.49. The third-order valence-corrected chi connectivity index (χ3v) is 3.49. The first-order chi connectivity index (χ1) is 9.11. The number of benzene rings is 1. The van der Waals surface area contributed by atoms with Crippen molar-refractivity contribution in [3.63, 3.8) is 0 Å². The Morgan fingerprint density at radius 3 is 2.68 bits per heavy atom. The van der Waals surface area contributed by atoms with Gasteiger partial charge in [0, 0.05) is 37.9 Å². The third kappa shape index (κ3) is 3.22. The molecule has 0 radical (unpaired) electrons. The molecule has 0 aliphatic heterocycles. The van der Waals surface area contributed by atoms with Crippen molar-refractivity contribution >= 4 is 0 Å². The van der Waals surface area contributed by atoms with Crippen LogP contribution in [0.1, 0.15) is 22.7 Å². The van der Waals surface area contributed by atoms with Gasteiger partial charge in [-0.3, -0.25) is 9.58 Å².